The van der Waals surface area contributed by atoms with Crippen molar-refractivity contribution < 1.29 is 23.1 Å². The molecule has 3 atom stereocenters. The highest BCUT2D eigenvalue weighted by Gasteiger charge is 2.38. The van der Waals surface area contributed by atoms with Crippen molar-refractivity contribution in [2.45, 2.75) is 45.3 Å². The minimum absolute atomic E-state index is 0.114. The van der Waals surface area contributed by atoms with Crippen molar-refractivity contribution in [2.75, 3.05) is 13.1 Å². The van der Waals surface area contributed by atoms with Crippen molar-refractivity contribution in [1.82, 2.24) is 4.90 Å². The number of carboxylic acids is 1. The Hall–Kier alpha value is -0.780. The predicted octanol–water partition coefficient (Wildman–Crippen LogP) is 2.76. The van der Waals surface area contributed by atoms with E-state index in [1.54, 1.807) is 0 Å². The van der Waals surface area contributed by atoms with Gasteiger partial charge in [0, 0.05) is 6.04 Å². The highest BCUT2D eigenvalue weighted by atomic mass is 19.4. The van der Waals surface area contributed by atoms with Gasteiger partial charge >= 0.3 is 12.1 Å². The molecule has 0 aromatic rings. The third kappa shape index (κ3) is 4.84. The summed E-state index contributed by atoms with van der Waals surface area (Å²) >= 11 is 0. The Morgan fingerprint density at radius 2 is 1.94 bits per heavy atom. The number of rotatable bonds is 4. The Kier molecular flexibility index (Phi) is 5.01. The lowest BCUT2D eigenvalue weighted by Gasteiger charge is -2.40. The van der Waals surface area contributed by atoms with Gasteiger partial charge in [-0.05, 0) is 24.7 Å². The predicted molar refractivity (Wildman–Crippen MR) is 61.2 cm³/mol. The first-order valence-electron chi connectivity index (χ1n) is 6.21. The second kappa shape index (κ2) is 5.91. The standard InChI is InChI=1S/C12H20F3NO2/c1-8-3-4-9(2)10(5-8)16(6-11(17)18)7-12(13,14)15/h8-10H,3-7H2,1-2H3,(H,17,18). The van der Waals surface area contributed by atoms with E-state index < -0.39 is 25.2 Å². The third-order valence-electron chi connectivity index (χ3n) is 3.61. The molecule has 1 aliphatic carbocycles. The van der Waals surface area contributed by atoms with Gasteiger partial charge in [-0.3, -0.25) is 9.69 Å². The van der Waals surface area contributed by atoms with Crippen LogP contribution in [0.4, 0.5) is 13.2 Å². The summed E-state index contributed by atoms with van der Waals surface area (Å²) in [6.07, 6.45) is -1.84. The van der Waals surface area contributed by atoms with E-state index >= 15 is 0 Å². The average molecular weight is 267 g/mol. The van der Waals surface area contributed by atoms with Gasteiger partial charge in [0.25, 0.3) is 0 Å². The van der Waals surface area contributed by atoms with E-state index in [0.29, 0.717) is 12.3 Å². The molecule has 0 radical (unpaired) electrons. The van der Waals surface area contributed by atoms with Gasteiger partial charge < -0.3 is 5.11 Å². The highest BCUT2D eigenvalue weighted by molar-refractivity contribution is 5.69. The second-order valence-corrected chi connectivity index (χ2v) is 5.38. The molecule has 3 unspecified atom stereocenters. The number of aliphatic carboxylic acids is 1. The van der Waals surface area contributed by atoms with E-state index in [-0.39, 0.29) is 12.0 Å². The van der Waals surface area contributed by atoms with E-state index in [1.165, 1.54) is 0 Å². The minimum Gasteiger partial charge on any atom is -0.480 e. The summed E-state index contributed by atoms with van der Waals surface area (Å²) in [4.78, 5) is 11.8. The minimum atomic E-state index is -4.35. The third-order valence-corrected chi connectivity index (χ3v) is 3.61. The highest BCUT2D eigenvalue weighted by Crippen LogP contribution is 2.33. The molecule has 6 heteroatoms. The molecular weight excluding hydrogens is 247 g/mol. The van der Waals surface area contributed by atoms with Crippen LogP contribution in [0.5, 0.6) is 0 Å². The van der Waals surface area contributed by atoms with Crippen LogP contribution in [-0.2, 0) is 4.79 Å². The van der Waals surface area contributed by atoms with Gasteiger partial charge in [-0.25, -0.2) is 0 Å². The van der Waals surface area contributed by atoms with Gasteiger partial charge in [0.15, 0.2) is 0 Å². The van der Waals surface area contributed by atoms with E-state index in [1.807, 2.05) is 13.8 Å². The number of halogens is 3. The lowest BCUT2D eigenvalue weighted by molar-refractivity contribution is -0.162. The van der Waals surface area contributed by atoms with Crippen molar-refractivity contribution in [2.24, 2.45) is 11.8 Å². The van der Waals surface area contributed by atoms with Crippen LogP contribution < -0.4 is 0 Å². The average Bonchev–Trinajstić information content (AvgIpc) is 2.18. The van der Waals surface area contributed by atoms with Gasteiger partial charge in [0.05, 0.1) is 13.1 Å². The zero-order valence-electron chi connectivity index (χ0n) is 10.7. The van der Waals surface area contributed by atoms with Crippen LogP contribution in [-0.4, -0.2) is 41.3 Å². The van der Waals surface area contributed by atoms with E-state index in [0.717, 1.165) is 17.7 Å². The molecule has 1 N–H and O–H groups in total. The summed E-state index contributed by atoms with van der Waals surface area (Å²) < 4.78 is 37.5. The van der Waals surface area contributed by atoms with Crippen LogP contribution >= 0.6 is 0 Å². The zero-order valence-corrected chi connectivity index (χ0v) is 10.7. The zero-order chi connectivity index (χ0) is 13.9. The molecule has 1 rings (SSSR count). The van der Waals surface area contributed by atoms with Crippen molar-refractivity contribution in [3.05, 3.63) is 0 Å². The van der Waals surface area contributed by atoms with Gasteiger partial charge in [-0.2, -0.15) is 13.2 Å². The summed E-state index contributed by atoms with van der Waals surface area (Å²) in [5.74, 6) is -0.733. The molecule has 0 bridgehead atoms. The molecule has 0 amide bonds. The van der Waals surface area contributed by atoms with Gasteiger partial charge in [-0.1, -0.05) is 20.3 Å². The number of nitrogens with zero attached hydrogens (tertiary/aromatic N) is 1. The molecule has 0 aliphatic heterocycles. The van der Waals surface area contributed by atoms with Crippen molar-refractivity contribution in [1.29, 1.82) is 0 Å². The van der Waals surface area contributed by atoms with Crippen LogP contribution in [0.3, 0.4) is 0 Å². The van der Waals surface area contributed by atoms with E-state index in [9.17, 15) is 18.0 Å². The van der Waals surface area contributed by atoms with E-state index in [4.69, 9.17) is 5.11 Å². The van der Waals surface area contributed by atoms with Crippen LogP contribution in [0.25, 0.3) is 0 Å². The number of carboxylic acid groups (broad SMARTS) is 1. The Morgan fingerprint density at radius 1 is 1.33 bits per heavy atom. The van der Waals surface area contributed by atoms with Crippen molar-refractivity contribution in [3.8, 4) is 0 Å². The molecule has 0 aromatic heterocycles. The number of hydrogen-bond donors (Lipinski definition) is 1. The molecule has 3 nitrogen and oxygen atoms in total. The molecule has 1 aliphatic rings. The van der Waals surface area contributed by atoms with Crippen molar-refractivity contribution >= 4 is 5.97 Å². The summed E-state index contributed by atoms with van der Waals surface area (Å²) in [7, 11) is 0. The lowest BCUT2D eigenvalue weighted by Crippen LogP contribution is -2.49. The fourth-order valence-electron chi connectivity index (χ4n) is 2.71. The van der Waals surface area contributed by atoms with Gasteiger partial charge in [0.2, 0.25) is 0 Å². The maximum atomic E-state index is 12.5. The first kappa shape index (κ1) is 15.3. The first-order chi connectivity index (χ1) is 8.19. The summed E-state index contributed by atoms with van der Waals surface area (Å²) in [6, 6.07) is -0.286. The molecule has 0 aromatic carbocycles. The quantitative estimate of drug-likeness (QED) is 0.851. The van der Waals surface area contributed by atoms with Crippen molar-refractivity contribution in [3.63, 3.8) is 0 Å². The summed E-state index contributed by atoms with van der Waals surface area (Å²) in [6.45, 7) is 2.23. The topological polar surface area (TPSA) is 40.5 Å². The van der Waals surface area contributed by atoms with Crippen LogP contribution in [0, 0.1) is 11.8 Å². The SMILES string of the molecule is CC1CCC(C)C(N(CC(=O)O)CC(F)(F)F)C1. The summed E-state index contributed by atoms with van der Waals surface area (Å²) in [5.41, 5.74) is 0. The normalized spacial score (nSPS) is 29.6. The fourth-order valence-corrected chi connectivity index (χ4v) is 2.71. The smallest absolute Gasteiger partial charge is 0.401 e. The molecule has 0 spiro atoms. The molecule has 106 valence electrons. The maximum Gasteiger partial charge on any atom is 0.401 e. The first-order valence-corrected chi connectivity index (χ1v) is 6.21. The largest absolute Gasteiger partial charge is 0.480 e. The molecule has 1 fully saturated rings. The van der Waals surface area contributed by atoms with Gasteiger partial charge in [0.1, 0.15) is 0 Å². The van der Waals surface area contributed by atoms with Crippen LogP contribution in [0.2, 0.25) is 0 Å². The Labute approximate surface area is 105 Å². The molecule has 18 heavy (non-hydrogen) atoms. The Balaban J connectivity index is 2.76. The number of carbonyl (C=O) groups is 1. The molecule has 0 heterocycles. The maximum absolute atomic E-state index is 12.5. The Morgan fingerprint density at radius 3 is 2.44 bits per heavy atom. The Bertz CT molecular complexity index is 294. The monoisotopic (exact) mass is 267 g/mol. The van der Waals surface area contributed by atoms with Crippen LogP contribution in [0.1, 0.15) is 33.1 Å². The van der Waals surface area contributed by atoms with Crippen LogP contribution in [0.15, 0.2) is 0 Å². The molecular formula is C12H20F3NO2. The van der Waals surface area contributed by atoms with E-state index in [2.05, 4.69) is 0 Å². The second-order valence-electron chi connectivity index (χ2n) is 5.38. The number of hydrogen-bond acceptors (Lipinski definition) is 2. The lowest BCUT2D eigenvalue weighted by atomic mass is 9.79. The fraction of sp³-hybridized carbons (Fsp3) is 0.917. The van der Waals surface area contributed by atoms with Gasteiger partial charge in [-0.15, -0.1) is 0 Å². The summed E-state index contributed by atoms with van der Waals surface area (Å²) in [5, 5.41) is 8.75. The molecule has 0 saturated heterocycles. The number of alkyl halides is 3. The molecule has 1 saturated carbocycles.